The lowest BCUT2D eigenvalue weighted by Crippen LogP contribution is -2.25. The number of amides is 1. The van der Waals surface area contributed by atoms with E-state index >= 15 is 0 Å². The zero-order chi connectivity index (χ0) is 28.0. The summed E-state index contributed by atoms with van der Waals surface area (Å²) in [7, 11) is -0.998. The number of ether oxygens (including phenoxy) is 3. The van der Waals surface area contributed by atoms with E-state index < -0.39 is 15.9 Å². The summed E-state index contributed by atoms with van der Waals surface area (Å²) in [6.07, 6.45) is 0. The Bertz CT molecular complexity index is 1590. The van der Waals surface area contributed by atoms with E-state index in [1.54, 1.807) is 49.6 Å². The van der Waals surface area contributed by atoms with Crippen LogP contribution in [0.25, 0.3) is 0 Å². The molecule has 0 aliphatic heterocycles. The number of nitrogens with one attached hydrogen (secondary N) is 2. The fraction of sp³-hybridized carbons (Fsp3) is 0.107. The molecule has 0 radical (unpaired) electrons. The molecule has 8 nitrogen and oxygen atoms in total. The van der Waals surface area contributed by atoms with Crippen LogP contribution in [0.4, 0.5) is 5.69 Å². The number of rotatable bonds is 10. The maximum Gasteiger partial charge on any atom is 0.261 e. The van der Waals surface area contributed by atoms with Gasteiger partial charge in [-0.3, -0.25) is 9.52 Å². The molecule has 4 aromatic rings. The Kier molecular flexibility index (Phi) is 8.86. The van der Waals surface area contributed by atoms with Gasteiger partial charge < -0.3 is 19.5 Å². The summed E-state index contributed by atoms with van der Waals surface area (Å²) < 4.78 is 45.0. The van der Waals surface area contributed by atoms with Crippen molar-refractivity contribution in [3.63, 3.8) is 0 Å². The third-order valence-electron chi connectivity index (χ3n) is 5.60. The number of benzene rings is 4. The molecule has 0 unspecified atom stereocenters. The van der Waals surface area contributed by atoms with Crippen molar-refractivity contribution in [2.24, 2.45) is 0 Å². The number of methoxy groups -OCH3 is 2. The molecule has 0 atom stereocenters. The molecule has 1 amide bonds. The van der Waals surface area contributed by atoms with E-state index in [0.29, 0.717) is 33.6 Å². The number of halogens is 2. The van der Waals surface area contributed by atoms with Gasteiger partial charge in [0.1, 0.15) is 23.0 Å². The summed E-state index contributed by atoms with van der Waals surface area (Å²) >= 11 is 12.2. The molecule has 0 fully saturated rings. The van der Waals surface area contributed by atoms with E-state index in [1.807, 2.05) is 0 Å². The molecular weight excluding hydrogens is 563 g/mol. The van der Waals surface area contributed by atoms with Gasteiger partial charge in [0.25, 0.3) is 15.9 Å². The van der Waals surface area contributed by atoms with Gasteiger partial charge in [0, 0.05) is 23.2 Å². The lowest BCUT2D eigenvalue weighted by molar-refractivity contribution is 0.0951. The van der Waals surface area contributed by atoms with Crippen LogP contribution in [0.5, 0.6) is 23.0 Å². The maximum atomic E-state index is 13.1. The van der Waals surface area contributed by atoms with Gasteiger partial charge in [0.2, 0.25) is 0 Å². The second-order valence-corrected chi connectivity index (χ2v) is 10.7. The number of hydrogen-bond donors (Lipinski definition) is 2. The average Bonchev–Trinajstić information content (AvgIpc) is 2.94. The van der Waals surface area contributed by atoms with Gasteiger partial charge in [-0.05, 0) is 66.7 Å². The first-order chi connectivity index (χ1) is 18.7. The van der Waals surface area contributed by atoms with Crippen molar-refractivity contribution in [3.05, 3.63) is 106 Å². The Balaban J connectivity index is 1.50. The first kappa shape index (κ1) is 28.1. The van der Waals surface area contributed by atoms with Crippen LogP contribution in [0.15, 0.2) is 89.8 Å². The van der Waals surface area contributed by atoms with Gasteiger partial charge >= 0.3 is 0 Å². The SMILES string of the molecule is COc1ccc(CNC(=O)c2cc(Cl)ccc2NS(=O)(=O)c2ccc(Oc3ccccc3Cl)cc2)c(OC)c1. The van der Waals surface area contributed by atoms with Gasteiger partial charge in [-0.25, -0.2) is 8.42 Å². The predicted molar refractivity (Wildman–Crippen MR) is 151 cm³/mol. The molecule has 0 spiro atoms. The second-order valence-electron chi connectivity index (χ2n) is 8.16. The largest absolute Gasteiger partial charge is 0.497 e. The molecule has 202 valence electrons. The second kappa shape index (κ2) is 12.3. The van der Waals surface area contributed by atoms with E-state index in [-0.39, 0.29) is 27.7 Å². The summed E-state index contributed by atoms with van der Waals surface area (Å²) in [5.41, 5.74) is 0.821. The standard InChI is InChI=1S/C28H24Cl2N2O6S/c1-36-21-9-7-18(27(16-21)37-2)17-31-28(33)23-15-19(29)8-14-25(23)32-39(34,35)22-12-10-20(11-13-22)38-26-6-4-3-5-24(26)30/h3-16,32H,17H2,1-2H3,(H,31,33). The number of anilines is 1. The first-order valence-electron chi connectivity index (χ1n) is 11.5. The van der Waals surface area contributed by atoms with Gasteiger partial charge in [-0.2, -0.15) is 0 Å². The van der Waals surface area contributed by atoms with Crippen LogP contribution in [0.2, 0.25) is 10.0 Å². The fourth-order valence-corrected chi connectivity index (χ4v) is 5.03. The lowest BCUT2D eigenvalue weighted by Gasteiger charge is -2.15. The van der Waals surface area contributed by atoms with Crippen molar-refractivity contribution in [2.45, 2.75) is 11.4 Å². The van der Waals surface area contributed by atoms with Crippen LogP contribution in [-0.4, -0.2) is 28.5 Å². The van der Waals surface area contributed by atoms with Gasteiger partial charge in [0.05, 0.1) is 35.4 Å². The third-order valence-corrected chi connectivity index (χ3v) is 7.53. The molecule has 0 aliphatic rings. The minimum Gasteiger partial charge on any atom is -0.497 e. The first-order valence-corrected chi connectivity index (χ1v) is 13.8. The topological polar surface area (TPSA) is 103 Å². The van der Waals surface area contributed by atoms with Gasteiger partial charge in [-0.1, -0.05) is 35.3 Å². The molecule has 0 saturated heterocycles. The monoisotopic (exact) mass is 586 g/mol. The fourth-order valence-electron chi connectivity index (χ4n) is 3.61. The van der Waals surface area contributed by atoms with Crippen molar-refractivity contribution in [1.82, 2.24) is 5.32 Å². The highest BCUT2D eigenvalue weighted by atomic mass is 35.5. The molecule has 4 aromatic carbocycles. The Morgan fingerprint density at radius 1 is 0.821 bits per heavy atom. The highest BCUT2D eigenvalue weighted by molar-refractivity contribution is 7.92. The molecule has 0 heterocycles. The zero-order valence-corrected chi connectivity index (χ0v) is 23.2. The van der Waals surface area contributed by atoms with Crippen molar-refractivity contribution in [2.75, 3.05) is 18.9 Å². The number of carbonyl (C=O) groups is 1. The average molecular weight is 587 g/mol. The minimum atomic E-state index is -4.05. The number of hydrogen-bond acceptors (Lipinski definition) is 6. The molecule has 0 saturated carbocycles. The van der Waals surface area contributed by atoms with Gasteiger partial charge in [-0.15, -0.1) is 0 Å². The third kappa shape index (κ3) is 6.94. The minimum absolute atomic E-state index is 0.0294. The maximum absolute atomic E-state index is 13.1. The van der Waals surface area contributed by atoms with Crippen molar-refractivity contribution in [1.29, 1.82) is 0 Å². The normalized spacial score (nSPS) is 11.0. The Morgan fingerprint density at radius 3 is 2.23 bits per heavy atom. The van der Waals surface area contributed by atoms with E-state index in [0.717, 1.165) is 0 Å². The van der Waals surface area contributed by atoms with Crippen molar-refractivity contribution < 1.29 is 27.4 Å². The van der Waals surface area contributed by atoms with E-state index in [4.69, 9.17) is 37.4 Å². The summed E-state index contributed by atoms with van der Waals surface area (Å²) in [5, 5.41) is 3.47. The highest BCUT2D eigenvalue weighted by Crippen LogP contribution is 2.30. The molecule has 0 bridgehead atoms. The molecule has 11 heteroatoms. The molecule has 2 N–H and O–H groups in total. The van der Waals surface area contributed by atoms with Gasteiger partial charge in [0.15, 0.2) is 0 Å². The lowest BCUT2D eigenvalue weighted by atomic mass is 10.1. The van der Waals surface area contributed by atoms with E-state index in [1.165, 1.54) is 49.6 Å². The number of carbonyl (C=O) groups excluding carboxylic acids is 1. The molecule has 0 aromatic heterocycles. The van der Waals surface area contributed by atoms with Crippen LogP contribution >= 0.6 is 23.2 Å². The highest BCUT2D eigenvalue weighted by Gasteiger charge is 2.20. The molecule has 39 heavy (non-hydrogen) atoms. The van der Waals surface area contributed by atoms with E-state index in [9.17, 15) is 13.2 Å². The van der Waals surface area contributed by atoms with Crippen LogP contribution in [0.3, 0.4) is 0 Å². The summed E-state index contributed by atoms with van der Waals surface area (Å²) in [6.45, 7) is 0.123. The molecule has 4 rings (SSSR count). The molecular formula is C28H24Cl2N2O6S. The van der Waals surface area contributed by atoms with Crippen molar-refractivity contribution >= 4 is 44.8 Å². The van der Waals surface area contributed by atoms with Crippen LogP contribution < -0.4 is 24.2 Å². The Morgan fingerprint density at radius 2 is 1.54 bits per heavy atom. The smallest absolute Gasteiger partial charge is 0.261 e. The van der Waals surface area contributed by atoms with Crippen LogP contribution in [0, 0.1) is 0 Å². The van der Waals surface area contributed by atoms with E-state index in [2.05, 4.69) is 10.0 Å². The number of para-hydroxylation sites is 1. The predicted octanol–water partition coefficient (Wildman–Crippen LogP) is 6.53. The summed E-state index contributed by atoms with van der Waals surface area (Å²) in [6, 6.07) is 22.2. The molecule has 0 aliphatic carbocycles. The zero-order valence-electron chi connectivity index (χ0n) is 20.9. The Hall–Kier alpha value is -3.92. The number of sulfonamides is 1. The Labute approximate surface area is 236 Å². The quantitative estimate of drug-likeness (QED) is 0.219. The van der Waals surface area contributed by atoms with Crippen molar-refractivity contribution in [3.8, 4) is 23.0 Å². The summed E-state index contributed by atoms with van der Waals surface area (Å²) in [4.78, 5) is 13.1. The van der Waals surface area contributed by atoms with Crippen LogP contribution in [-0.2, 0) is 16.6 Å². The van der Waals surface area contributed by atoms with Crippen LogP contribution in [0.1, 0.15) is 15.9 Å². The summed E-state index contributed by atoms with van der Waals surface area (Å²) in [5.74, 6) is 1.46.